The fraction of sp³-hybridized carbons (Fsp3) is 0.551. The lowest BCUT2D eigenvalue weighted by Gasteiger charge is -2.19. The third kappa shape index (κ3) is 8.36. The van der Waals surface area contributed by atoms with Crippen molar-refractivity contribution < 1.29 is 0 Å². The van der Waals surface area contributed by atoms with Crippen molar-refractivity contribution in [2.75, 3.05) is 0 Å². The van der Waals surface area contributed by atoms with Gasteiger partial charge in [-0.1, -0.05) is 101 Å². The Bertz CT molecular complexity index is 1750. The van der Waals surface area contributed by atoms with E-state index in [1.165, 1.54) is 66.5 Å². The maximum atomic E-state index is 4.32. The van der Waals surface area contributed by atoms with E-state index in [2.05, 4.69) is 185 Å². The van der Waals surface area contributed by atoms with E-state index in [0.717, 1.165) is 0 Å². The lowest BCUT2D eigenvalue weighted by Crippen LogP contribution is -2.09. The number of benzene rings is 1. The van der Waals surface area contributed by atoms with E-state index in [1.807, 2.05) is 24.8 Å². The molecule has 0 fully saturated rings. The van der Waals surface area contributed by atoms with Crippen LogP contribution in [0.25, 0.3) is 32.7 Å². The van der Waals surface area contributed by atoms with Crippen molar-refractivity contribution in [1.29, 1.82) is 0 Å². The summed E-state index contributed by atoms with van der Waals surface area (Å²) in [5, 5.41) is 4.13. The standard InChI is InChI=1S/C17H25N.2C16H24N2/c1-11(2)16-14-9-7-8-10-15(14)18(13(5)6)17(16)12(3)4;1-10(2)15-13-9-17-8-7-14(13)18(12(5)6)16(15)11(3)4;1-10(2)15-13-7-8-17-9-14(13)18(12(5)6)16(15)11(3)4/h7-13H,1-6H3;2*7-12H,1-6H3. The van der Waals surface area contributed by atoms with Gasteiger partial charge in [0.1, 0.15) is 0 Å². The molecule has 0 aliphatic heterocycles. The van der Waals surface area contributed by atoms with Crippen LogP contribution in [0.15, 0.2) is 61.2 Å². The fourth-order valence-electron chi connectivity index (χ4n) is 8.97. The topological polar surface area (TPSA) is 40.6 Å². The highest BCUT2D eigenvalue weighted by Crippen LogP contribution is 2.40. The quantitative estimate of drug-likeness (QED) is 0.149. The molecule has 0 N–H and O–H groups in total. The summed E-state index contributed by atoms with van der Waals surface area (Å²) in [5.74, 6) is 3.31. The minimum Gasteiger partial charge on any atom is -0.342 e. The van der Waals surface area contributed by atoms with Gasteiger partial charge < -0.3 is 13.7 Å². The van der Waals surface area contributed by atoms with Crippen LogP contribution in [0.1, 0.15) is 212 Å². The Morgan fingerprint density at radius 3 is 1.13 bits per heavy atom. The van der Waals surface area contributed by atoms with Crippen LogP contribution in [0.3, 0.4) is 0 Å². The number of fused-ring (bicyclic) bond motifs is 3. The van der Waals surface area contributed by atoms with Crippen LogP contribution in [0.2, 0.25) is 0 Å². The van der Waals surface area contributed by atoms with Crippen LogP contribution in [0.4, 0.5) is 0 Å². The molecule has 1 aromatic carbocycles. The minimum absolute atomic E-state index is 0.474. The van der Waals surface area contributed by atoms with Crippen LogP contribution < -0.4 is 0 Å². The Kier molecular flexibility index (Phi) is 14.1. The van der Waals surface area contributed by atoms with Gasteiger partial charge in [-0.15, -0.1) is 0 Å². The molecule has 0 amide bonds. The van der Waals surface area contributed by atoms with Crippen molar-refractivity contribution in [2.24, 2.45) is 0 Å². The lowest BCUT2D eigenvalue weighted by atomic mass is 9.94. The summed E-state index contributed by atoms with van der Waals surface area (Å²) in [7, 11) is 0. The molecule has 0 unspecified atom stereocenters. The van der Waals surface area contributed by atoms with Gasteiger partial charge in [0.15, 0.2) is 0 Å². The zero-order valence-corrected chi connectivity index (χ0v) is 37.2. The van der Waals surface area contributed by atoms with Gasteiger partial charge in [0.25, 0.3) is 0 Å². The van der Waals surface area contributed by atoms with Gasteiger partial charge in [-0.2, -0.15) is 0 Å². The molecule has 5 heterocycles. The average Bonchev–Trinajstić information content (AvgIpc) is 3.76. The predicted molar refractivity (Wildman–Crippen MR) is 237 cm³/mol. The first-order valence-corrected chi connectivity index (χ1v) is 20.9. The lowest BCUT2D eigenvalue weighted by molar-refractivity contribution is 0.569. The molecule has 0 aliphatic rings. The molecule has 6 rings (SSSR count). The van der Waals surface area contributed by atoms with Gasteiger partial charge in [-0.3, -0.25) is 9.97 Å². The number of aromatic nitrogens is 5. The number of para-hydroxylation sites is 1. The maximum absolute atomic E-state index is 4.32. The van der Waals surface area contributed by atoms with Crippen molar-refractivity contribution in [3.63, 3.8) is 0 Å². The van der Waals surface area contributed by atoms with Gasteiger partial charge in [-0.05, 0) is 112 Å². The van der Waals surface area contributed by atoms with E-state index in [-0.39, 0.29) is 0 Å². The Balaban J connectivity index is 0.000000180. The highest BCUT2D eigenvalue weighted by Gasteiger charge is 2.25. The third-order valence-electron chi connectivity index (χ3n) is 10.7. The number of hydrogen-bond donors (Lipinski definition) is 0. The molecule has 0 bridgehead atoms. The molecule has 5 aromatic heterocycles. The summed E-state index contributed by atoms with van der Waals surface area (Å²) < 4.78 is 7.47. The van der Waals surface area contributed by atoms with Crippen molar-refractivity contribution in [3.05, 3.63) is 95.0 Å². The van der Waals surface area contributed by atoms with Gasteiger partial charge in [0.05, 0.1) is 17.2 Å². The molecule has 0 radical (unpaired) electrons. The number of nitrogens with zero attached hydrogens (tertiary/aromatic N) is 5. The fourth-order valence-corrected chi connectivity index (χ4v) is 8.97. The SMILES string of the molecule is CC(C)c1c(C(C)C)n(C(C)C)c2ccccc12.CC(C)c1c(C(C)C)n(C(C)C)c2ccncc12.CC(C)c1c(C(C)C)n(C(C)C)c2cnccc12. The van der Waals surface area contributed by atoms with Crippen molar-refractivity contribution in [1.82, 2.24) is 23.7 Å². The molecule has 5 nitrogen and oxygen atoms in total. The summed E-state index contributed by atoms with van der Waals surface area (Å²) >= 11 is 0. The highest BCUT2D eigenvalue weighted by molar-refractivity contribution is 5.87. The average molecular weight is 732 g/mol. The van der Waals surface area contributed by atoms with Crippen LogP contribution in [-0.4, -0.2) is 23.7 Å². The first kappa shape index (κ1) is 42.9. The number of hydrogen-bond acceptors (Lipinski definition) is 2. The van der Waals surface area contributed by atoms with Gasteiger partial charge in [0, 0.05) is 75.5 Å². The van der Waals surface area contributed by atoms with Gasteiger partial charge in [-0.25, -0.2) is 0 Å². The van der Waals surface area contributed by atoms with Gasteiger partial charge in [0.2, 0.25) is 0 Å². The maximum Gasteiger partial charge on any atom is 0.0674 e. The summed E-state index contributed by atoms with van der Waals surface area (Å²) in [4.78, 5) is 8.62. The molecular formula is C49H73N5. The zero-order chi connectivity index (χ0) is 40.3. The second-order valence-electron chi connectivity index (χ2n) is 18.0. The van der Waals surface area contributed by atoms with Crippen LogP contribution in [-0.2, 0) is 0 Å². The van der Waals surface area contributed by atoms with Crippen LogP contribution in [0, 0.1) is 0 Å². The summed E-state index contributed by atoms with van der Waals surface area (Å²) in [5.41, 5.74) is 13.0. The van der Waals surface area contributed by atoms with Crippen molar-refractivity contribution >= 4 is 32.7 Å². The highest BCUT2D eigenvalue weighted by atomic mass is 15.0. The molecule has 6 aromatic rings. The summed E-state index contributed by atoms with van der Waals surface area (Å²) in [6.45, 7) is 41.1. The molecular weight excluding hydrogens is 659 g/mol. The summed E-state index contributed by atoms with van der Waals surface area (Å²) in [6, 6.07) is 14.6. The number of pyridine rings is 2. The first-order valence-electron chi connectivity index (χ1n) is 20.9. The zero-order valence-electron chi connectivity index (χ0n) is 37.2. The monoisotopic (exact) mass is 732 g/mol. The Morgan fingerprint density at radius 2 is 0.704 bits per heavy atom. The third-order valence-corrected chi connectivity index (χ3v) is 10.7. The molecule has 54 heavy (non-hydrogen) atoms. The van der Waals surface area contributed by atoms with E-state index in [4.69, 9.17) is 0 Å². The second kappa shape index (κ2) is 17.7. The van der Waals surface area contributed by atoms with E-state index in [9.17, 15) is 0 Å². The van der Waals surface area contributed by atoms with E-state index >= 15 is 0 Å². The first-order chi connectivity index (χ1) is 25.3. The molecule has 294 valence electrons. The van der Waals surface area contributed by atoms with Crippen LogP contribution in [0.5, 0.6) is 0 Å². The minimum atomic E-state index is 0.474. The largest absolute Gasteiger partial charge is 0.342 e. The molecule has 0 aliphatic carbocycles. The summed E-state index contributed by atoms with van der Waals surface area (Å²) in [6.07, 6.45) is 7.83. The molecule has 5 heteroatoms. The van der Waals surface area contributed by atoms with E-state index in [1.54, 1.807) is 0 Å². The molecule has 0 saturated heterocycles. The molecule has 0 atom stereocenters. The predicted octanol–water partition coefficient (Wildman–Crippen LogP) is 15.2. The second-order valence-corrected chi connectivity index (χ2v) is 18.0. The number of rotatable bonds is 9. The Labute approximate surface area is 328 Å². The van der Waals surface area contributed by atoms with Crippen LogP contribution >= 0.6 is 0 Å². The van der Waals surface area contributed by atoms with E-state index in [0.29, 0.717) is 53.6 Å². The van der Waals surface area contributed by atoms with Gasteiger partial charge >= 0.3 is 0 Å². The normalized spacial score (nSPS) is 12.3. The Morgan fingerprint density at radius 1 is 0.352 bits per heavy atom. The van der Waals surface area contributed by atoms with Crippen molar-refractivity contribution in [3.8, 4) is 0 Å². The van der Waals surface area contributed by atoms with Crippen molar-refractivity contribution in [2.45, 2.75) is 178 Å². The Hall–Kier alpha value is -3.86. The molecule has 0 saturated carbocycles. The van der Waals surface area contributed by atoms with E-state index < -0.39 is 0 Å². The smallest absolute Gasteiger partial charge is 0.0674 e. The molecule has 0 spiro atoms.